The van der Waals surface area contributed by atoms with E-state index in [0.717, 1.165) is 15.0 Å². The van der Waals surface area contributed by atoms with E-state index in [4.69, 9.17) is 14.7 Å². The Kier molecular flexibility index (Phi) is 2.96. The second-order valence-corrected chi connectivity index (χ2v) is 4.20. The van der Waals surface area contributed by atoms with Crippen molar-refractivity contribution in [3.63, 3.8) is 0 Å². The van der Waals surface area contributed by atoms with Gasteiger partial charge in [-0.25, -0.2) is 0 Å². The Balaban J connectivity index is 2.66. The topological polar surface area (TPSA) is 51.0 Å². The van der Waals surface area contributed by atoms with Gasteiger partial charge in [-0.15, -0.1) is 11.3 Å². The van der Waals surface area contributed by atoms with Gasteiger partial charge in [-0.3, -0.25) is 0 Å². The molecule has 1 aromatic carbocycles. The lowest BCUT2D eigenvalue weighted by molar-refractivity contribution is 0.322. The summed E-state index contributed by atoms with van der Waals surface area (Å²) in [5.74, 6) is 1.41. The van der Waals surface area contributed by atoms with Crippen LogP contribution in [-0.4, -0.2) is 25.6 Å². The van der Waals surface area contributed by atoms with Crippen molar-refractivity contribution in [2.45, 2.75) is 0 Å². The fraction of sp³-hybridized carbons (Fsp3) is 0.182. The van der Waals surface area contributed by atoms with E-state index in [1.54, 1.807) is 14.2 Å². The number of thiophene rings is 1. The number of hydrogen-bond acceptors (Lipinski definition) is 5. The number of methoxy groups -OCH3 is 2. The molecule has 84 valence electrons. The zero-order valence-electron chi connectivity index (χ0n) is 8.93. The van der Waals surface area contributed by atoms with E-state index in [-0.39, 0.29) is 0 Å². The first-order chi connectivity index (χ1) is 7.80. The smallest absolute Gasteiger partial charge is 0.178 e. The maximum Gasteiger partial charge on any atom is 0.178 e. The summed E-state index contributed by atoms with van der Waals surface area (Å²) in [4.78, 5) is 0.865. The third-order valence-electron chi connectivity index (χ3n) is 2.23. The van der Waals surface area contributed by atoms with Gasteiger partial charge < -0.3 is 14.7 Å². The van der Waals surface area contributed by atoms with Crippen molar-refractivity contribution in [1.82, 2.24) is 0 Å². The molecule has 16 heavy (non-hydrogen) atoms. The van der Waals surface area contributed by atoms with Crippen molar-refractivity contribution in [3.8, 4) is 11.5 Å². The lowest BCUT2D eigenvalue weighted by Gasteiger charge is -2.07. The third kappa shape index (κ3) is 1.69. The van der Waals surface area contributed by atoms with Crippen LogP contribution in [0.5, 0.6) is 11.5 Å². The molecule has 0 atom stereocenters. The molecule has 2 rings (SSSR count). The molecule has 2 aromatic rings. The summed E-state index contributed by atoms with van der Waals surface area (Å²) in [5.41, 5.74) is 0. The normalized spacial score (nSPS) is 11.1. The number of benzene rings is 1. The van der Waals surface area contributed by atoms with E-state index >= 15 is 0 Å². The van der Waals surface area contributed by atoms with Crippen molar-refractivity contribution in [1.29, 1.82) is 0 Å². The average Bonchev–Trinajstić information content (AvgIpc) is 2.70. The van der Waals surface area contributed by atoms with Crippen molar-refractivity contribution >= 4 is 27.6 Å². The molecule has 0 spiro atoms. The number of ether oxygens (including phenoxy) is 2. The van der Waals surface area contributed by atoms with Gasteiger partial charge >= 0.3 is 0 Å². The molecule has 0 fully saturated rings. The SMILES string of the molecule is COc1ccc2cc(C=NO)sc2c1OC. The number of rotatable bonds is 3. The van der Waals surface area contributed by atoms with E-state index in [2.05, 4.69) is 5.16 Å². The fourth-order valence-corrected chi connectivity index (χ4v) is 2.60. The molecule has 0 bridgehead atoms. The molecule has 5 heteroatoms. The largest absolute Gasteiger partial charge is 0.493 e. The highest BCUT2D eigenvalue weighted by atomic mass is 32.1. The predicted octanol–water partition coefficient (Wildman–Crippen LogP) is 2.73. The molecule has 0 unspecified atom stereocenters. The second-order valence-electron chi connectivity index (χ2n) is 3.11. The van der Waals surface area contributed by atoms with Gasteiger partial charge in [0.25, 0.3) is 0 Å². The summed E-state index contributed by atoms with van der Waals surface area (Å²) in [6.45, 7) is 0. The molecule has 1 heterocycles. The quantitative estimate of drug-likeness (QED) is 0.507. The molecule has 0 radical (unpaired) electrons. The van der Waals surface area contributed by atoms with Gasteiger partial charge in [-0.2, -0.15) is 0 Å². The first-order valence-electron chi connectivity index (χ1n) is 4.62. The van der Waals surface area contributed by atoms with Crippen molar-refractivity contribution in [3.05, 3.63) is 23.1 Å². The number of oxime groups is 1. The minimum absolute atomic E-state index is 0.698. The van der Waals surface area contributed by atoms with Gasteiger partial charge in [0.1, 0.15) is 0 Å². The number of nitrogens with zero attached hydrogens (tertiary/aromatic N) is 1. The molecule has 1 aromatic heterocycles. The summed E-state index contributed by atoms with van der Waals surface area (Å²) < 4.78 is 11.5. The number of fused-ring (bicyclic) bond motifs is 1. The molecule has 1 N–H and O–H groups in total. The maximum absolute atomic E-state index is 8.49. The van der Waals surface area contributed by atoms with Crippen LogP contribution in [0.1, 0.15) is 4.88 Å². The average molecular weight is 237 g/mol. The molecule has 0 aliphatic rings. The lowest BCUT2D eigenvalue weighted by atomic mass is 10.2. The summed E-state index contributed by atoms with van der Waals surface area (Å²) >= 11 is 1.49. The molecular weight excluding hydrogens is 226 g/mol. The summed E-state index contributed by atoms with van der Waals surface area (Å²) in [6.07, 6.45) is 1.40. The van der Waals surface area contributed by atoms with E-state index in [0.29, 0.717) is 11.5 Å². The highest BCUT2D eigenvalue weighted by molar-refractivity contribution is 7.21. The van der Waals surface area contributed by atoms with Gasteiger partial charge in [0, 0.05) is 0 Å². The van der Waals surface area contributed by atoms with Gasteiger partial charge in [0.05, 0.1) is 30.0 Å². The van der Waals surface area contributed by atoms with Crippen molar-refractivity contribution in [2.75, 3.05) is 14.2 Å². The molecule has 0 saturated carbocycles. The van der Waals surface area contributed by atoms with E-state index < -0.39 is 0 Å². The Morgan fingerprint density at radius 1 is 1.31 bits per heavy atom. The third-order valence-corrected chi connectivity index (χ3v) is 3.32. The van der Waals surface area contributed by atoms with Crippen LogP contribution in [-0.2, 0) is 0 Å². The van der Waals surface area contributed by atoms with Gasteiger partial charge in [0.2, 0.25) is 0 Å². The van der Waals surface area contributed by atoms with Crippen LogP contribution in [0.4, 0.5) is 0 Å². The molecule has 0 aliphatic carbocycles. The lowest BCUT2D eigenvalue weighted by Crippen LogP contribution is -1.89. The Morgan fingerprint density at radius 3 is 2.75 bits per heavy atom. The van der Waals surface area contributed by atoms with Crippen molar-refractivity contribution in [2.24, 2.45) is 5.16 Å². The zero-order chi connectivity index (χ0) is 11.5. The van der Waals surface area contributed by atoms with Crippen molar-refractivity contribution < 1.29 is 14.7 Å². The molecule has 0 amide bonds. The van der Waals surface area contributed by atoms with Crippen LogP contribution in [0.15, 0.2) is 23.4 Å². The first-order valence-corrected chi connectivity index (χ1v) is 5.43. The van der Waals surface area contributed by atoms with Crippen LogP contribution < -0.4 is 9.47 Å². The Morgan fingerprint density at radius 2 is 2.12 bits per heavy atom. The highest BCUT2D eigenvalue weighted by Crippen LogP contribution is 2.39. The van der Waals surface area contributed by atoms with Gasteiger partial charge in [-0.1, -0.05) is 5.16 Å². The Labute approximate surface area is 96.7 Å². The Bertz CT molecular complexity index is 533. The van der Waals surface area contributed by atoms with E-state index in [1.165, 1.54) is 17.6 Å². The van der Waals surface area contributed by atoms with Crippen LogP contribution in [0, 0.1) is 0 Å². The van der Waals surface area contributed by atoms with Crippen LogP contribution in [0.2, 0.25) is 0 Å². The zero-order valence-corrected chi connectivity index (χ0v) is 9.75. The van der Waals surface area contributed by atoms with Crippen LogP contribution in [0.25, 0.3) is 10.1 Å². The molecule has 0 aliphatic heterocycles. The highest BCUT2D eigenvalue weighted by Gasteiger charge is 2.11. The summed E-state index contributed by atoms with van der Waals surface area (Å²) in [6, 6.07) is 5.73. The summed E-state index contributed by atoms with van der Waals surface area (Å²) in [5, 5.41) is 12.5. The molecule has 0 saturated heterocycles. The first kappa shape index (κ1) is 10.8. The predicted molar refractivity (Wildman–Crippen MR) is 64.3 cm³/mol. The van der Waals surface area contributed by atoms with Gasteiger partial charge in [-0.05, 0) is 23.6 Å². The van der Waals surface area contributed by atoms with E-state index in [9.17, 15) is 0 Å². The van der Waals surface area contributed by atoms with Gasteiger partial charge in [0.15, 0.2) is 11.5 Å². The minimum Gasteiger partial charge on any atom is -0.493 e. The molecular formula is C11H11NO3S. The maximum atomic E-state index is 8.49. The van der Waals surface area contributed by atoms with Crippen LogP contribution >= 0.6 is 11.3 Å². The monoisotopic (exact) mass is 237 g/mol. The second kappa shape index (κ2) is 4.40. The standard InChI is InChI=1S/C11H11NO3S/c1-14-9-4-3-7-5-8(6-12-13)16-11(7)10(9)15-2/h3-6,13H,1-2H3. The fourth-order valence-electron chi connectivity index (χ4n) is 1.55. The Hall–Kier alpha value is -1.75. The summed E-state index contributed by atoms with van der Waals surface area (Å²) in [7, 11) is 3.21. The van der Waals surface area contributed by atoms with Crippen LogP contribution in [0.3, 0.4) is 0 Å². The molecule has 4 nitrogen and oxygen atoms in total. The van der Waals surface area contributed by atoms with E-state index in [1.807, 2.05) is 18.2 Å². The number of hydrogen-bond donors (Lipinski definition) is 1. The minimum atomic E-state index is 0.698.